The summed E-state index contributed by atoms with van der Waals surface area (Å²) in [6.07, 6.45) is 0. The molecule has 4 heteroatoms. The van der Waals surface area contributed by atoms with E-state index >= 15 is 0 Å². The first-order chi connectivity index (χ1) is 29.3. The molecular formula is C57H50BN3. The fraction of sp³-hybridized carbons (Fsp3) is 0.193. The number of rotatable bonds is 3. The molecule has 3 aliphatic heterocycles. The summed E-state index contributed by atoms with van der Waals surface area (Å²) in [6, 6.07) is 60.5. The number of fused-ring (bicyclic) bond motifs is 10. The van der Waals surface area contributed by atoms with E-state index < -0.39 is 0 Å². The Morgan fingerprint density at radius 1 is 0.508 bits per heavy atom. The first-order valence-corrected chi connectivity index (χ1v) is 22.0. The van der Waals surface area contributed by atoms with E-state index in [1.165, 1.54) is 93.9 Å². The molecule has 0 radical (unpaired) electrons. The van der Waals surface area contributed by atoms with Crippen molar-refractivity contribution in [2.24, 2.45) is 0 Å². The zero-order chi connectivity index (χ0) is 41.7. The highest BCUT2D eigenvalue weighted by molar-refractivity contribution is 6.90. The minimum Gasteiger partial charge on any atom is -0.375 e. The minimum absolute atomic E-state index is 0.0204. The molecule has 0 amide bonds. The summed E-state index contributed by atoms with van der Waals surface area (Å²) >= 11 is 0. The topological polar surface area (TPSA) is 11.4 Å². The van der Waals surface area contributed by atoms with Crippen LogP contribution in [0.3, 0.4) is 0 Å². The Balaban J connectivity index is 1.21. The zero-order valence-electron chi connectivity index (χ0n) is 36.4. The van der Waals surface area contributed by atoms with Gasteiger partial charge in [-0.1, -0.05) is 159 Å². The highest BCUT2D eigenvalue weighted by Gasteiger charge is 2.48. The van der Waals surface area contributed by atoms with Gasteiger partial charge in [-0.2, -0.15) is 0 Å². The normalized spacial score (nSPS) is 14.6. The van der Waals surface area contributed by atoms with Crippen molar-refractivity contribution in [1.29, 1.82) is 0 Å². The summed E-state index contributed by atoms with van der Waals surface area (Å²) in [5.41, 5.74) is 20.4. The van der Waals surface area contributed by atoms with Crippen LogP contribution in [-0.4, -0.2) is 11.3 Å². The van der Waals surface area contributed by atoms with Crippen LogP contribution in [0.15, 0.2) is 158 Å². The maximum Gasteiger partial charge on any atom is 0.333 e. The number of hydrogen-bond donors (Lipinski definition) is 0. The smallest absolute Gasteiger partial charge is 0.333 e. The third-order valence-corrected chi connectivity index (χ3v) is 14.2. The second-order valence-electron chi connectivity index (χ2n) is 20.3. The summed E-state index contributed by atoms with van der Waals surface area (Å²) in [4.78, 5) is 5.11. The first-order valence-electron chi connectivity index (χ1n) is 22.0. The molecule has 3 aliphatic rings. The highest BCUT2D eigenvalue weighted by Crippen LogP contribution is 2.55. The third-order valence-electron chi connectivity index (χ3n) is 14.2. The van der Waals surface area contributed by atoms with Crippen molar-refractivity contribution >= 4 is 84.5 Å². The van der Waals surface area contributed by atoms with Gasteiger partial charge in [-0.05, 0) is 115 Å². The quantitative estimate of drug-likeness (QED) is 0.165. The molecule has 12 rings (SSSR count). The van der Waals surface area contributed by atoms with E-state index in [4.69, 9.17) is 0 Å². The lowest BCUT2D eigenvalue weighted by atomic mass is 9.44. The minimum atomic E-state index is -0.192. The number of hydrogen-bond acceptors (Lipinski definition) is 2. The second kappa shape index (κ2) is 12.3. The molecule has 0 fully saturated rings. The maximum absolute atomic E-state index is 2.70. The maximum atomic E-state index is 2.70. The molecule has 4 heterocycles. The van der Waals surface area contributed by atoms with Crippen molar-refractivity contribution in [1.82, 2.24) is 4.48 Å². The third kappa shape index (κ3) is 5.05. The van der Waals surface area contributed by atoms with Gasteiger partial charge >= 0.3 is 6.85 Å². The number of para-hydroxylation sites is 3. The van der Waals surface area contributed by atoms with E-state index in [-0.39, 0.29) is 23.1 Å². The number of nitrogens with zero attached hydrogens (tertiary/aromatic N) is 3. The molecule has 0 saturated carbocycles. The monoisotopic (exact) mass is 787 g/mol. The van der Waals surface area contributed by atoms with Gasteiger partial charge in [-0.3, -0.25) is 0 Å². The highest BCUT2D eigenvalue weighted by atomic mass is 15.2. The van der Waals surface area contributed by atoms with Crippen LogP contribution in [0.5, 0.6) is 0 Å². The summed E-state index contributed by atoms with van der Waals surface area (Å²) in [7, 11) is 0. The summed E-state index contributed by atoms with van der Waals surface area (Å²) in [5, 5.41) is 5.16. The number of anilines is 6. The van der Waals surface area contributed by atoms with Crippen molar-refractivity contribution < 1.29 is 0 Å². The van der Waals surface area contributed by atoms with Crippen molar-refractivity contribution in [2.75, 3.05) is 9.80 Å². The lowest BCUT2D eigenvalue weighted by Crippen LogP contribution is -2.58. The molecule has 0 saturated heterocycles. The lowest BCUT2D eigenvalue weighted by molar-refractivity contribution is 0.590. The van der Waals surface area contributed by atoms with Crippen LogP contribution in [0.1, 0.15) is 77.6 Å². The van der Waals surface area contributed by atoms with Gasteiger partial charge < -0.3 is 14.3 Å². The van der Waals surface area contributed by atoms with E-state index in [1.807, 2.05) is 0 Å². The Labute approximate surface area is 360 Å². The van der Waals surface area contributed by atoms with E-state index in [0.717, 1.165) is 17.1 Å². The van der Waals surface area contributed by atoms with Gasteiger partial charge in [0.05, 0.1) is 5.69 Å². The molecule has 0 spiro atoms. The van der Waals surface area contributed by atoms with Gasteiger partial charge in [0.25, 0.3) is 0 Å². The van der Waals surface area contributed by atoms with E-state index in [0.29, 0.717) is 0 Å². The number of benzene rings is 8. The van der Waals surface area contributed by atoms with Crippen molar-refractivity contribution in [3.05, 3.63) is 180 Å². The van der Waals surface area contributed by atoms with Gasteiger partial charge in [0.1, 0.15) is 0 Å². The second-order valence-corrected chi connectivity index (χ2v) is 20.3. The standard InChI is InChI=1S/C57H50BN3/c1-55(2,3)37-23-27-39(28-24-37)59(40-29-25-38(26-30-40)56(4,5)6)41-33-45-43-18-13-17-42-44-31-35-15-9-10-16-36(35)32-50(44)61(53(42)43)58-48-21-14-20-47-54(48)60(51(34-41)52(45)58)49-22-12-11-19-46(49)57(47,7)8/h9-34H,1-8H3. The predicted octanol–water partition coefficient (Wildman–Crippen LogP) is 14.1. The molecule has 0 atom stereocenters. The Morgan fingerprint density at radius 2 is 1.11 bits per heavy atom. The average molecular weight is 788 g/mol. The molecule has 8 aromatic carbocycles. The van der Waals surface area contributed by atoms with Crippen LogP contribution in [0.2, 0.25) is 0 Å². The summed E-state index contributed by atoms with van der Waals surface area (Å²) < 4.78 is 2.70. The fourth-order valence-corrected chi connectivity index (χ4v) is 11.1. The Morgan fingerprint density at radius 3 is 1.79 bits per heavy atom. The van der Waals surface area contributed by atoms with Gasteiger partial charge in [-0.15, -0.1) is 0 Å². The van der Waals surface area contributed by atoms with Crippen molar-refractivity contribution in [3.63, 3.8) is 0 Å². The average Bonchev–Trinajstić information content (AvgIpc) is 3.57. The molecule has 0 bridgehead atoms. The predicted molar refractivity (Wildman–Crippen MR) is 262 cm³/mol. The number of aromatic nitrogens is 1. The van der Waals surface area contributed by atoms with Crippen LogP contribution in [-0.2, 0) is 16.2 Å². The van der Waals surface area contributed by atoms with Gasteiger partial charge in [-0.25, -0.2) is 0 Å². The van der Waals surface area contributed by atoms with Gasteiger partial charge in [0.15, 0.2) is 0 Å². The van der Waals surface area contributed by atoms with Crippen LogP contribution in [0.4, 0.5) is 34.1 Å². The van der Waals surface area contributed by atoms with Gasteiger partial charge in [0, 0.05) is 61.2 Å². The lowest BCUT2D eigenvalue weighted by Gasteiger charge is -2.48. The summed E-state index contributed by atoms with van der Waals surface area (Å²) in [5.74, 6) is 0. The van der Waals surface area contributed by atoms with Crippen LogP contribution < -0.4 is 20.7 Å². The van der Waals surface area contributed by atoms with Crippen LogP contribution >= 0.6 is 0 Å². The van der Waals surface area contributed by atoms with E-state index in [2.05, 4.69) is 227 Å². The molecule has 0 N–H and O–H groups in total. The Kier molecular flexibility index (Phi) is 7.32. The van der Waals surface area contributed by atoms with E-state index in [1.54, 1.807) is 0 Å². The molecule has 1 aromatic heterocycles. The molecule has 3 nitrogen and oxygen atoms in total. The molecular weight excluding hydrogens is 737 g/mol. The molecule has 296 valence electrons. The molecule has 61 heavy (non-hydrogen) atoms. The van der Waals surface area contributed by atoms with E-state index in [9.17, 15) is 0 Å². The fourth-order valence-electron chi connectivity index (χ4n) is 11.1. The largest absolute Gasteiger partial charge is 0.375 e. The SMILES string of the molecule is CC(C)(C)c1ccc(N(c2ccc(C(C)(C)C)cc2)c2cc3c4c(c2)N2c5ccccc5C(C)(C)c5cccc(c52)B4n2c4cc5ccccc5cc4c4cccc-3c42)cc1. The Bertz CT molecular complexity index is 3240. The summed E-state index contributed by atoms with van der Waals surface area (Å²) in [6.45, 7) is 18.6. The first kappa shape index (κ1) is 36.3. The zero-order valence-corrected chi connectivity index (χ0v) is 36.4. The molecule has 9 aromatic rings. The Hall–Kier alpha value is -6.52. The molecule has 0 unspecified atom stereocenters. The van der Waals surface area contributed by atoms with Crippen LogP contribution in [0.25, 0.3) is 43.7 Å². The van der Waals surface area contributed by atoms with Crippen LogP contribution in [0, 0.1) is 0 Å². The van der Waals surface area contributed by atoms with Crippen molar-refractivity contribution in [2.45, 2.75) is 71.6 Å². The van der Waals surface area contributed by atoms with Gasteiger partial charge in [0.2, 0.25) is 0 Å². The molecule has 0 aliphatic carbocycles. The van der Waals surface area contributed by atoms with Crippen molar-refractivity contribution in [3.8, 4) is 11.1 Å².